The van der Waals surface area contributed by atoms with E-state index in [0.717, 1.165) is 5.56 Å². The molecule has 1 aromatic heterocycles. The molecule has 76 valence electrons. The zero-order valence-corrected chi connectivity index (χ0v) is 9.01. The van der Waals surface area contributed by atoms with Crippen LogP contribution in [0.5, 0.6) is 0 Å². The van der Waals surface area contributed by atoms with Crippen LogP contribution >= 0.6 is 12.2 Å². The standard InChI is InChI=1S/C9H13N3OS/c1-6(13)3-11-9-8(5-14)4-10-7(2)12-9/h4-6,13H,3H2,1-2H3,(H,10,11,12)/t6-/m1/s1. The van der Waals surface area contributed by atoms with Crippen LogP contribution in [0.1, 0.15) is 18.3 Å². The zero-order chi connectivity index (χ0) is 10.6. The van der Waals surface area contributed by atoms with E-state index in [0.29, 0.717) is 18.2 Å². The summed E-state index contributed by atoms with van der Waals surface area (Å²) in [5, 5.41) is 13.6. The lowest BCUT2D eigenvalue weighted by molar-refractivity contribution is 0.208. The van der Waals surface area contributed by atoms with Crippen molar-refractivity contribution in [3.63, 3.8) is 0 Å². The van der Waals surface area contributed by atoms with Crippen LogP contribution in [0.25, 0.3) is 0 Å². The summed E-state index contributed by atoms with van der Waals surface area (Å²) in [6, 6.07) is 0. The maximum absolute atomic E-state index is 9.10. The van der Waals surface area contributed by atoms with Gasteiger partial charge in [-0.2, -0.15) is 0 Å². The van der Waals surface area contributed by atoms with Gasteiger partial charge in [0.25, 0.3) is 0 Å². The second kappa shape index (κ2) is 4.97. The number of rotatable bonds is 4. The molecule has 0 fully saturated rings. The topological polar surface area (TPSA) is 58.0 Å². The van der Waals surface area contributed by atoms with Gasteiger partial charge in [0.1, 0.15) is 11.6 Å². The largest absolute Gasteiger partial charge is 0.392 e. The van der Waals surface area contributed by atoms with Gasteiger partial charge in [0, 0.05) is 23.7 Å². The summed E-state index contributed by atoms with van der Waals surface area (Å²) in [5.74, 6) is 1.35. The van der Waals surface area contributed by atoms with Crippen LogP contribution in [0.15, 0.2) is 6.20 Å². The van der Waals surface area contributed by atoms with E-state index in [1.165, 1.54) is 5.37 Å². The Morgan fingerprint density at radius 1 is 1.71 bits per heavy atom. The fourth-order valence-corrected chi connectivity index (χ4v) is 1.12. The summed E-state index contributed by atoms with van der Waals surface area (Å²) in [5.41, 5.74) is 0.770. The van der Waals surface area contributed by atoms with Crippen molar-refractivity contribution in [2.75, 3.05) is 11.9 Å². The van der Waals surface area contributed by atoms with Crippen molar-refractivity contribution < 1.29 is 5.11 Å². The number of hydrogen-bond acceptors (Lipinski definition) is 5. The van der Waals surface area contributed by atoms with E-state index in [2.05, 4.69) is 15.3 Å². The second-order valence-electron chi connectivity index (χ2n) is 3.07. The summed E-state index contributed by atoms with van der Waals surface area (Å²) in [6.07, 6.45) is 1.25. The van der Waals surface area contributed by atoms with Crippen LogP contribution in [-0.4, -0.2) is 33.1 Å². The van der Waals surface area contributed by atoms with Crippen molar-refractivity contribution in [3.05, 3.63) is 17.6 Å². The SMILES string of the molecule is Cc1ncc(C=S)c(NC[C@@H](C)O)n1. The summed E-state index contributed by atoms with van der Waals surface area (Å²) in [4.78, 5) is 8.21. The Bertz CT molecular complexity index is 328. The van der Waals surface area contributed by atoms with Gasteiger partial charge in [-0.15, -0.1) is 0 Å². The van der Waals surface area contributed by atoms with Gasteiger partial charge in [-0.25, -0.2) is 9.97 Å². The van der Waals surface area contributed by atoms with Gasteiger partial charge in [-0.05, 0) is 13.8 Å². The monoisotopic (exact) mass is 211 g/mol. The van der Waals surface area contributed by atoms with Gasteiger partial charge < -0.3 is 10.4 Å². The van der Waals surface area contributed by atoms with E-state index in [4.69, 9.17) is 17.3 Å². The first-order valence-electron chi connectivity index (χ1n) is 4.34. The Balaban J connectivity index is 2.82. The molecule has 0 unspecified atom stereocenters. The summed E-state index contributed by atoms with van der Waals surface area (Å²) < 4.78 is 0. The first-order chi connectivity index (χ1) is 6.63. The van der Waals surface area contributed by atoms with Crippen molar-refractivity contribution in [1.29, 1.82) is 0 Å². The van der Waals surface area contributed by atoms with Gasteiger partial charge in [0.2, 0.25) is 0 Å². The lowest BCUT2D eigenvalue weighted by Gasteiger charge is -2.09. The number of anilines is 1. The van der Waals surface area contributed by atoms with Gasteiger partial charge in [-0.3, -0.25) is 0 Å². The molecule has 1 atom stereocenters. The molecule has 2 N–H and O–H groups in total. The molecule has 0 aliphatic rings. The molecule has 0 aliphatic heterocycles. The van der Waals surface area contributed by atoms with Crippen LogP contribution < -0.4 is 5.32 Å². The third-order valence-corrected chi connectivity index (χ3v) is 1.88. The average Bonchev–Trinajstić information content (AvgIpc) is 2.15. The predicted octanol–water partition coefficient (Wildman–Crippen LogP) is 0.926. The van der Waals surface area contributed by atoms with Crippen LogP contribution in [0, 0.1) is 6.92 Å². The lowest BCUT2D eigenvalue weighted by Crippen LogP contribution is -2.17. The first-order valence-corrected chi connectivity index (χ1v) is 4.81. The zero-order valence-electron chi connectivity index (χ0n) is 8.19. The minimum atomic E-state index is -0.414. The van der Waals surface area contributed by atoms with Crippen molar-refractivity contribution >= 4 is 23.4 Å². The third-order valence-electron chi connectivity index (χ3n) is 1.63. The number of aliphatic hydroxyl groups is 1. The molecule has 0 aromatic carbocycles. The summed E-state index contributed by atoms with van der Waals surface area (Å²) in [7, 11) is 0. The molecule has 0 radical (unpaired) electrons. The third kappa shape index (κ3) is 3.01. The first kappa shape index (κ1) is 11.0. The van der Waals surface area contributed by atoms with Crippen molar-refractivity contribution in [1.82, 2.24) is 9.97 Å². The molecule has 0 saturated carbocycles. The Morgan fingerprint density at radius 2 is 2.43 bits per heavy atom. The van der Waals surface area contributed by atoms with Crippen molar-refractivity contribution in [2.24, 2.45) is 0 Å². The van der Waals surface area contributed by atoms with Crippen LogP contribution in [0.4, 0.5) is 5.82 Å². The molecule has 1 rings (SSSR count). The molecule has 0 amide bonds. The number of aliphatic hydroxyl groups excluding tert-OH is 1. The number of nitrogens with zero attached hydrogens (tertiary/aromatic N) is 2. The molecule has 1 heterocycles. The molecule has 14 heavy (non-hydrogen) atoms. The molecule has 0 spiro atoms. The summed E-state index contributed by atoms with van der Waals surface area (Å²) >= 11 is 4.82. The Hall–Kier alpha value is -1.07. The van der Waals surface area contributed by atoms with Gasteiger partial charge in [0.15, 0.2) is 0 Å². The number of hydrogen-bond donors (Lipinski definition) is 2. The van der Waals surface area contributed by atoms with E-state index >= 15 is 0 Å². The van der Waals surface area contributed by atoms with Gasteiger partial charge >= 0.3 is 0 Å². The van der Waals surface area contributed by atoms with Gasteiger partial charge in [-0.1, -0.05) is 12.2 Å². The Labute approximate surface area is 88.4 Å². The molecular formula is C9H13N3OS. The maximum Gasteiger partial charge on any atom is 0.137 e. The normalized spacial score (nSPS) is 12.2. The van der Waals surface area contributed by atoms with Crippen molar-refractivity contribution in [2.45, 2.75) is 20.0 Å². The average molecular weight is 211 g/mol. The summed E-state index contributed by atoms with van der Waals surface area (Å²) in [6.45, 7) is 3.96. The molecule has 0 bridgehead atoms. The lowest BCUT2D eigenvalue weighted by atomic mass is 10.3. The number of aromatic nitrogens is 2. The van der Waals surface area contributed by atoms with E-state index in [1.807, 2.05) is 0 Å². The molecule has 5 heteroatoms. The minimum absolute atomic E-state index is 0.414. The number of nitrogens with one attached hydrogen (secondary N) is 1. The molecular weight excluding hydrogens is 198 g/mol. The molecule has 0 saturated heterocycles. The van der Waals surface area contributed by atoms with E-state index < -0.39 is 6.10 Å². The predicted molar refractivity (Wildman–Crippen MR) is 59.7 cm³/mol. The van der Waals surface area contributed by atoms with E-state index in [1.54, 1.807) is 20.0 Å². The number of aryl methyl sites for hydroxylation is 1. The van der Waals surface area contributed by atoms with E-state index in [-0.39, 0.29) is 0 Å². The second-order valence-corrected chi connectivity index (χ2v) is 3.30. The smallest absolute Gasteiger partial charge is 0.137 e. The quantitative estimate of drug-likeness (QED) is 0.725. The minimum Gasteiger partial charge on any atom is -0.392 e. The Kier molecular flexibility index (Phi) is 3.91. The fourth-order valence-electron chi connectivity index (χ4n) is 0.952. The highest BCUT2D eigenvalue weighted by Gasteiger charge is 2.03. The number of thiocarbonyl (C=S) groups is 1. The highest BCUT2D eigenvalue weighted by Crippen LogP contribution is 2.09. The van der Waals surface area contributed by atoms with Crippen LogP contribution in [-0.2, 0) is 0 Å². The highest BCUT2D eigenvalue weighted by molar-refractivity contribution is 7.79. The maximum atomic E-state index is 9.10. The Morgan fingerprint density at radius 3 is 3.00 bits per heavy atom. The van der Waals surface area contributed by atoms with Crippen LogP contribution in [0.3, 0.4) is 0 Å². The van der Waals surface area contributed by atoms with E-state index in [9.17, 15) is 0 Å². The molecule has 1 aromatic rings. The van der Waals surface area contributed by atoms with Gasteiger partial charge in [0.05, 0.1) is 6.10 Å². The van der Waals surface area contributed by atoms with Crippen LogP contribution in [0.2, 0.25) is 0 Å². The molecule has 0 aliphatic carbocycles. The highest BCUT2D eigenvalue weighted by atomic mass is 32.1. The van der Waals surface area contributed by atoms with Crippen molar-refractivity contribution in [3.8, 4) is 0 Å². The fraction of sp³-hybridized carbons (Fsp3) is 0.444. The molecule has 4 nitrogen and oxygen atoms in total.